The summed E-state index contributed by atoms with van der Waals surface area (Å²) in [6.07, 6.45) is 1.06. The Morgan fingerprint density at radius 1 is 1.20 bits per heavy atom. The summed E-state index contributed by atoms with van der Waals surface area (Å²) in [6, 6.07) is 6.20. The first kappa shape index (κ1) is 17.8. The van der Waals surface area contributed by atoms with E-state index in [9.17, 15) is 9.59 Å². The number of carbonyl (C=O) groups is 2. The number of aryl methyl sites for hydroxylation is 2. The second kappa shape index (κ2) is 6.36. The van der Waals surface area contributed by atoms with Crippen LogP contribution in [0.1, 0.15) is 56.3 Å². The average molecular weight is 344 g/mol. The lowest BCUT2D eigenvalue weighted by molar-refractivity contribution is -0.132. The molecule has 2 fully saturated rings. The first-order valence-corrected chi connectivity index (χ1v) is 9.03. The van der Waals surface area contributed by atoms with Gasteiger partial charge in [0, 0.05) is 19.5 Å². The van der Waals surface area contributed by atoms with E-state index < -0.39 is 5.60 Å². The summed E-state index contributed by atoms with van der Waals surface area (Å²) in [6.45, 7) is 10.9. The largest absolute Gasteiger partial charge is 0.444 e. The van der Waals surface area contributed by atoms with Crippen LogP contribution in [0, 0.1) is 13.8 Å². The van der Waals surface area contributed by atoms with Crippen LogP contribution >= 0.6 is 0 Å². The van der Waals surface area contributed by atoms with Gasteiger partial charge in [-0.1, -0.05) is 23.8 Å². The zero-order valence-corrected chi connectivity index (χ0v) is 15.8. The molecule has 2 aliphatic heterocycles. The van der Waals surface area contributed by atoms with Crippen LogP contribution in [0.2, 0.25) is 0 Å². The Balaban J connectivity index is 1.99. The lowest BCUT2D eigenvalue weighted by Gasteiger charge is -2.45. The highest BCUT2D eigenvalue weighted by Crippen LogP contribution is 2.39. The number of carbonyl (C=O) groups excluding carboxylic acids is 2. The van der Waals surface area contributed by atoms with Gasteiger partial charge in [-0.15, -0.1) is 0 Å². The van der Waals surface area contributed by atoms with Crippen molar-refractivity contribution < 1.29 is 14.3 Å². The van der Waals surface area contributed by atoms with E-state index in [1.54, 1.807) is 0 Å². The second-order valence-corrected chi connectivity index (χ2v) is 8.17. The normalized spacial score (nSPS) is 23.6. The van der Waals surface area contributed by atoms with Crippen LogP contribution < -0.4 is 0 Å². The molecule has 1 aromatic carbocycles. The number of benzene rings is 1. The summed E-state index contributed by atoms with van der Waals surface area (Å²) in [7, 11) is 0. The Labute approximate surface area is 149 Å². The smallest absolute Gasteiger partial charge is 0.410 e. The molecule has 2 aliphatic rings. The van der Waals surface area contributed by atoms with Crippen LogP contribution in [0.5, 0.6) is 0 Å². The zero-order valence-electron chi connectivity index (χ0n) is 15.8. The molecule has 0 aliphatic carbocycles. The highest BCUT2D eigenvalue weighted by Gasteiger charge is 2.46. The molecule has 2 atom stereocenters. The molecule has 2 saturated heterocycles. The third-order valence-electron chi connectivity index (χ3n) is 5.03. The quantitative estimate of drug-likeness (QED) is 0.782. The molecule has 5 nitrogen and oxygen atoms in total. The number of nitrogens with zero attached hydrogens (tertiary/aromatic N) is 2. The molecule has 0 aromatic heterocycles. The van der Waals surface area contributed by atoms with Gasteiger partial charge in [-0.2, -0.15) is 0 Å². The molecule has 0 bridgehead atoms. The summed E-state index contributed by atoms with van der Waals surface area (Å²) in [5.41, 5.74) is 2.92. The standard InChI is InChI=1S/C20H28N2O3/c1-13-6-7-15(14(2)12-13)18-16-8-9-17(23)21(16)10-11-22(18)19(24)25-20(3,4)5/h6-7,12,16,18H,8-11H2,1-5H3/t16-,18-/m0/s1. The molecular formula is C20H28N2O3. The molecule has 1 aromatic rings. The van der Waals surface area contributed by atoms with Gasteiger partial charge >= 0.3 is 6.09 Å². The number of amides is 2. The highest BCUT2D eigenvalue weighted by molar-refractivity contribution is 5.80. The van der Waals surface area contributed by atoms with E-state index in [0.29, 0.717) is 19.5 Å². The van der Waals surface area contributed by atoms with Crippen molar-refractivity contribution in [2.75, 3.05) is 13.1 Å². The fourth-order valence-electron chi connectivity index (χ4n) is 3.99. The minimum Gasteiger partial charge on any atom is -0.444 e. The number of fused-ring (bicyclic) bond motifs is 1. The van der Waals surface area contributed by atoms with Crippen LogP contribution in [0.15, 0.2) is 18.2 Å². The number of rotatable bonds is 1. The first-order valence-electron chi connectivity index (χ1n) is 9.03. The van der Waals surface area contributed by atoms with Gasteiger partial charge in [0.1, 0.15) is 5.60 Å². The van der Waals surface area contributed by atoms with E-state index in [4.69, 9.17) is 4.74 Å². The molecule has 25 heavy (non-hydrogen) atoms. The van der Waals surface area contributed by atoms with Crippen molar-refractivity contribution in [2.24, 2.45) is 0 Å². The summed E-state index contributed by atoms with van der Waals surface area (Å²) < 4.78 is 5.65. The van der Waals surface area contributed by atoms with Crippen LogP contribution in [-0.4, -0.2) is 46.5 Å². The Hall–Kier alpha value is -2.04. The van der Waals surface area contributed by atoms with Crippen LogP contribution in [0.3, 0.4) is 0 Å². The van der Waals surface area contributed by atoms with E-state index >= 15 is 0 Å². The Morgan fingerprint density at radius 2 is 1.92 bits per heavy atom. The third-order valence-corrected chi connectivity index (χ3v) is 5.03. The van der Waals surface area contributed by atoms with Crippen molar-refractivity contribution in [2.45, 2.75) is 65.1 Å². The predicted octanol–water partition coefficient (Wildman–Crippen LogP) is 3.59. The van der Waals surface area contributed by atoms with E-state index in [-0.39, 0.29) is 24.1 Å². The van der Waals surface area contributed by atoms with Crippen molar-refractivity contribution >= 4 is 12.0 Å². The SMILES string of the molecule is Cc1ccc([C@H]2[C@@H]3CCC(=O)N3CCN2C(=O)OC(C)(C)C)c(C)c1. The van der Waals surface area contributed by atoms with E-state index in [2.05, 4.69) is 32.0 Å². The van der Waals surface area contributed by atoms with Crippen molar-refractivity contribution in [1.29, 1.82) is 0 Å². The summed E-state index contributed by atoms with van der Waals surface area (Å²) in [5, 5.41) is 0. The van der Waals surface area contributed by atoms with E-state index in [1.807, 2.05) is 30.6 Å². The molecule has 0 N–H and O–H groups in total. The van der Waals surface area contributed by atoms with Gasteiger partial charge in [0.15, 0.2) is 0 Å². The third kappa shape index (κ3) is 3.51. The van der Waals surface area contributed by atoms with Gasteiger partial charge in [0.25, 0.3) is 0 Å². The molecule has 0 saturated carbocycles. The van der Waals surface area contributed by atoms with Crippen LogP contribution in [0.25, 0.3) is 0 Å². The minimum absolute atomic E-state index is 0.0372. The van der Waals surface area contributed by atoms with E-state index in [0.717, 1.165) is 17.5 Å². The maximum Gasteiger partial charge on any atom is 0.410 e. The van der Waals surface area contributed by atoms with E-state index in [1.165, 1.54) is 5.56 Å². The van der Waals surface area contributed by atoms with Gasteiger partial charge in [-0.25, -0.2) is 4.79 Å². The topological polar surface area (TPSA) is 49.9 Å². The van der Waals surface area contributed by atoms with Crippen molar-refractivity contribution in [3.05, 3.63) is 34.9 Å². The number of hydrogen-bond acceptors (Lipinski definition) is 3. The fraction of sp³-hybridized carbons (Fsp3) is 0.600. The van der Waals surface area contributed by atoms with Crippen LogP contribution in [0.4, 0.5) is 4.79 Å². The fourth-order valence-corrected chi connectivity index (χ4v) is 3.99. The van der Waals surface area contributed by atoms with Gasteiger partial charge in [-0.05, 0) is 52.2 Å². The number of piperazine rings is 1. The lowest BCUT2D eigenvalue weighted by Crippen LogP contribution is -2.56. The van der Waals surface area contributed by atoms with Crippen molar-refractivity contribution in [3.8, 4) is 0 Å². The maximum atomic E-state index is 12.8. The van der Waals surface area contributed by atoms with Crippen molar-refractivity contribution in [3.63, 3.8) is 0 Å². The number of ether oxygens (including phenoxy) is 1. The lowest BCUT2D eigenvalue weighted by atomic mass is 9.90. The Morgan fingerprint density at radius 3 is 2.56 bits per heavy atom. The molecule has 2 amide bonds. The Kier molecular flexibility index (Phi) is 4.52. The van der Waals surface area contributed by atoms with Gasteiger partial charge < -0.3 is 9.64 Å². The molecule has 0 unspecified atom stereocenters. The predicted molar refractivity (Wildman–Crippen MR) is 96.3 cm³/mol. The molecule has 0 radical (unpaired) electrons. The molecule has 2 heterocycles. The molecule has 0 spiro atoms. The average Bonchev–Trinajstić information content (AvgIpc) is 2.87. The van der Waals surface area contributed by atoms with Crippen LogP contribution in [-0.2, 0) is 9.53 Å². The summed E-state index contributed by atoms with van der Waals surface area (Å²) >= 11 is 0. The first-order chi connectivity index (χ1) is 11.7. The molecule has 5 heteroatoms. The van der Waals surface area contributed by atoms with Gasteiger partial charge in [-0.3, -0.25) is 9.69 Å². The maximum absolute atomic E-state index is 12.8. The number of hydrogen-bond donors (Lipinski definition) is 0. The van der Waals surface area contributed by atoms with Gasteiger partial charge in [0.05, 0.1) is 12.1 Å². The second-order valence-electron chi connectivity index (χ2n) is 8.17. The zero-order chi connectivity index (χ0) is 18.4. The highest BCUT2D eigenvalue weighted by atomic mass is 16.6. The monoisotopic (exact) mass is 344 g/mol. The molecule has 3 rings (SSSR count). The molecular weight excluding hydrogens is 316 g/mol. The van der Waals surface area contributed by atoms with Crippen molar-refractivity contribution in [1.82, 2.24) is 9.80 Å². The summed E-state index contributed by atoms with van der Waals surface area (Å²) in [5.74, 6) is 0.198. The summed E-state index contributed by atoms with van der Waals surface area (Å²) in [4.78, 5) is 28.8. The molecule has 136 valence electrons. The van der Waals surface area contributed by atoms with Gasteiger partial charge in [0.2, 0.25) is 5.91 Å². The Bertz CT molecular complexity index is 693. The minimum atomic E-state index is -0.535.